The highest BCUT2D eigenvalue weighted by atomic mass is 32.1. The quantitative estimate of drug-likeness (QED) is 0.872. The lowest BCUT2D eigenvalue weighted by molar-refractivity contribution is 0.102. The van der Waals surface area contributed by atoms with E-state index < -0.39 is 0 Å². The number of carbonyl (C=O) groups is 1. The molecule has 2 aromatic rings. The molecule has 0 unspecified atom stereocenters. The summed E-state index contributed by atoms with van der Waals surface area (Å²) >= 11 is 1.39. The smallest absolute Gasteiger partial charge is 0.171 e. The van der Waals surface area contributed by atoms with E-state index in [0.717, 1.165) is 34.7 Å². The fraction of sp³-hybridized carbons (Fsp3) is 0.429. The molecule has 2 rings (SSSR count). The monoisotopic (exact) mass is 277 g/mol. The number of Topliss-reactive ketones (excluding diaryl/α,β-unsaturated/α-hetero) is 1. The van der Waals surface area contributed by atoms with Crippen LogP contribution in [0.1, 0.15) is 36.1 Å². The molecule has 2 N–H and O–H groups in total. The molecule has 19 heavy (non-hydrogen) atoms. The van der Waals surface area contributed by atoms with Crippen LogP contribution < -0.4 is 10.6 Å². The number of nitrogens with two attached hydrogens (primary N) is 1. The zero-order valence-electron chi connectivity index (χ0n) is 11.8. The molecule has 4 nitrogen and oxygen atoms in total. The van der Waals surface area contributed by atoms with E-state index in [-0.39, 0.29) is 5.78 Å². The van der Waals surface area contributed by atoms with Gasteiger partial charge in [-0.1, -0.05) is 0 Å². The summed E-state index contributed by atoms with van der Waals surface area (Å²) in [6.07, 6.45) is 0. The van der Waals surface area contributed by atoms with E-state index in [1.54, 1.807) is 6.92 Å². The molecule has 0 amide bonds. The fourth-order valence-corrected chi connectivity index (χ4v) is 3.35. The first-order chi connectivity index (χ1) is 8.99. The van der Waals surface area contributed by atoms with Crippen molar-refractivity contribution in [3.05, 3.63) is 16.6 Å². The summed E-state index contributed by atoms with van der Waals surface area (Å²) in [5, 5.41) is 0.921. The van der Waals surface area contributed by atoms with Crippen LogP contribution in [0.25, 0.3) is 10.2 Å². The topological polar surface area (TPSA) is 59.2 Å². The van der Waals surface area contributed by atoms with E-state index in [2.05, 4.69) is 23.7 Å². The highest BCUT2D eigenvalue weighted by Gasteiger charge is 2.19. The Bertz CT molecular complexity index is 629. The van der Waals surface area contributed by atoms with Gasteiger partial charge in [-0.3, -0.25) is 4.79 Å². The average Bonchev–Trinajstić information content (AvgIpc) is 2.68. The van der Waals surface area contributed by atoms with E-state index in [1.807, 2.05) is 13.0 Å². The number of pyridine rings is 1. The van der Waals surface area contributed by atoms with Crippen molar-refractivity contribution in [2.45, 2.75) is 27.7 Å². The van der Waals surface area contributed by atoms with Crippen LogP contribution in [0.5, 0.6) is 0 Å². The molecule has 0 radical (unpaired) electrons. The van der Waals surface area contributed by atoms with Crippen LogP contribution in [0.2, 0.25) is 0 Å². The van der Waals surface area contributed by atoms with Crippen LogP contribution in [-0.4, -0.2) is 23.9 Å². The first kappa shape index (κ1) is 13.8. The molecule has 0 spiro atoms. The molecule has 0 bridgehead atoms. The Morgan fingerprint density at radius 2 is 2.05 bits per heavy atom. The Balaban J connectivity index is 2.79. The summed E-state index contributed by atoms with van der Waals surface area (Å²) in [6.45, 7) is 9.54. The second-order valence-corrected chi connectivity index (χ2v) is 5.54. The highest BCUT2D eigenvalue weighted by molar-refractivity contribution is 7.21. The number of nitrogen functional groups attached to an aromatic ring is 1. The van der Waals surface area contributed by atoms with E-state index in [1.165, 1.54) is 11.3 Å². The maximum Gasteiger partial charge on any atom is 0.171 e. The zero-order chi connectivity index (χ0) is 14.2. The van der Waals surface area contributed by atoms with Crippen molar-refractivity contribution in [1.29, 1.82) is 0 Å². The third kappa shape index (κ3) is 2.30. The Morgan fingerprint density at radius 1 is 1.42 bits per heavy atom. The molecule has 0 fully saturated rings. The van der Waals surface area contributed by atoms with Crippen molar-refractivity contribution in [2.75, 3.05) is 23.7 Å². The third-order valence-corrected chi connectivity index (χ3v) is 4.43. The number of thiophene rings is 1. The summed E-state index contributed by atoms with van der Waals surface area (Å²) in [6, 6.07) is 2.04. The van der Waals surface area contributed by atoms with Gasteiger partial charge in [0.25, 0.3) is 0 Å². The maximum atomic E-state index is 11.6. The van der Waals surface area contributed by atoms with Crippen LogP contribution in [0.15, 0.2) is 6.07 Å². The number of nitrogens with zero attached hydrogens (tertiary/aromatic N) is 2. The van der Waals surface area contributed by atoms with Gasteiger partial charge >= 0.3 is 0 Å². The Hall–Kier alpha value is -1.62. The Morgan fingerprint density at radius 3 is 2.58 bits per heavy atom. The van der Waals surface area contributed by atoms with Gasteiger partial charge in [0.2, 0.25) is 0 Å². The second kappa shape index (κ2) is 5.17. The van der Waals surface area contributed by atoms with Crippen LogP contribution in [0.3, 0.4) is 0 Å². The largest absolute Gasteiger partial charge is 0.397 e. The van der Waals surface area contributed by atoms with Crippen LogP contribution in [0, 0.1) is 6.92 Å². The molecule has 2 heterocycles. The first-order valence-corrected chi connectivity index (χ1v) is 7.26. The number of carbonyl (C=O) groups excluding carboxylic acids is 1. The van der Waals surface area contributed by atoms with Crippen molar-refractivity contribution < 1.29 is 4.79 Å². The predicted molar refractivity (Wildman–Crippen MR) is 82.3 cm³/mol. The number of hydrogen-bond acceptors (Lipinski definition) is 5. The van der Waals surface area contributed by atoms with Gasteiger partial charge in [0, 0.05) is 25.7 Å². The van der Waals surface area contributed by atoms with Gasteiger partial charge in [-0.25, -0.2) is 4.98 Å². The Kier molecular flexibility index (Phi) is 3.75. The lowest BCUT2D eigenvalue weighted by Crippen LogP contribution is -2.22. The van der Waals surface area contributed by atoms with Crippen LogP contribution >= 0.6 is 11.3 Å². The maximum absolute atomic E-state index is 11.6. The molecule has 5 heteroatoms. The zero-order valence-corrected chi connectivity index (χ0v) is 12.6. The molecule has 0 aliphatic rings. The molecular weight excluding hydrogens is 258 g/mol. The SMILES string of the molecule is CCN(CC)c1cc(C)nc2sc(C(C)=O)c(N)c12. The van der Waals surface area contributed by atoms with E-state index >= 15 is 0 Å². The molecule has 102 valence electrons. The predicted octanol–water partition coefficient (Wildman–Crippen LogP) is 3.24. The normalized spacial score (nSPS) is 10.9. The Labute approximate surface area is 117 Å². The summed E-state index contributed by atoms with van der Waals surface area (Å²) in [5.41, 5.74) is 8.76. The third-order valence-electron chi connectivity index (χ3n) is 3.23. The number of aryl methyl sites for hydroxylation is 1. The van der Waals surface area contributed by atoms with Crippen molar-refractivity contribution >= 4 is 38.7 Å². The van der Waals surface area contributed by atoms with Crippen LogP contribution in [0.4, 0.5) is 11.4 Å². The summed E-state index contributed by atoms with van der Waals surface area (Å²) in [5.74, 6) is 0.00338. The van der Waals surface area contributed by atoms with Gasteiger partial charge in [0.05, 0.1) is 21.6 Å². The average molecular weight is 277 g/mol. The minimum atomic E-state index is 0.00338. The number of anilines is 2. The van der Waals surface area contributed by atoms with Gasteiger partial charge in [0.15, 0.2) is 5.78 Å². The number of hydrogen-bond donors (Lipinski definition) is 1. The molecule has 2 aromatic heterocycles. The number of aromatic nitrogens is 1. The number of rotatable bonds is 4. The molecule has 0 atom stereocenters. The minimum absolute atomic E-state index is 0.00338. The van der Waals surface area contributed by atoms with Crippen molar-refractivity contribution in [2.24, 2.45) is 0 Å². The summed E-state index contributed by atoms with van der Waals surface area (Å²) < 4.78 is 0. The van der Waals surface area contributed by atoms with Gasteiger partial charge in [-0.15, -0.1) is 11.3 Å². The van der Waals surface area contributed by atoms with Crippen molar-refractivity contribution in [3.8, 4) is 0 Å². The van der Waals surface area contributed by atoms with Gasteiger partial charge < -0.3 is 10.6 Å². The van der Waals surface area contributed by atoms with Crippen molar-refractivity contribution in [3.63, 3.8) is 0 Å². The van der Waals surface area contributed by atoms with Gasteiger partial charge in [-0.05, 0) is 26.8 Å². The summed E-state index contributed by atoms with van der Waals surface area (Å²) in [7, 11) is 0. The standard InChI is InChI=1S/C14H19N3OS/c1-5-17(6-2)10-7-8(3)16-14-11(10)12(15)13(19-14)9(4)18/h7H,5-6,15H2,1-4H3. The molecule has 0 saturated carbocycles. The molecule has 0 aliphatic heterocycles. The van der Waals surface area contributed by atoms with E-state index in [4.69, 9.17) is 5.73 Å². The van der Waals surface area contributed by atoms with Gasteiger partial charge in [-0.2, -0.15) is 0 Å². The van der Waals surface area contributed by atoms with Gasteiger partial charge in [0.1, 0.15) is 4.83 Å². The molecule has 0 aliphatic carbocycles. The van der Waals surface area contributed by atoms with Crippen molar-refractivity contribution in [1.82, 2.24) is 4.98 Å². The lowest BCUT2D eigenvalue weighted by Gasteiger charge is -2.22. The first-order valence-electron chi connectivity index (χ1n) is 6.45. The minimum Gasteiger partial charge on any atom is -0.397 e. The number of fused-ring (bicyclic) bond motifs is 1. The van der Waals surface area contributed by atoms with Crippen LogP contribution in [-0.2, 0) is 0 Å². The second-order valence-electron chi connectivity index (χ2n) is 4.54. The fourth-order valence-electron chi connectivity index (χ4n) is 2.30. The number of ketones is 1. The highest BCUT2D eigenvalue weighted by Crippen LogP contribution is 2.39. The molecular formula is C14H19N3OS. The van der Waals surface area contributed by atoms with E-state index in [0.29, 0.717) is 10.6 Å². The lowest BCUT2D eigenvalue weighted by atomic mass is 10.1. The summed E-state index contributed by atoms with van der Waals surface area (Å²) in [4.78, 5) is 19.8. The van der Waals surface area contributed by atoms with E-state index in [9.17, 15) is 4.79 Å². The molecule has 0 aromatic carbocycles. The molecule has 0 saturated heterocycles.